The number of rotatable bonds is 2. The maximum atomic E-state index is 11.2. The predicted octanol–water partition coefficient (Wildman–Crippen LogP) is 2.70. The zero-order valence-corrected chi connectivity index (χ0v) is 11.4. The van der Waals surface area contributed by atoms with Crippen molar-refractivity contribution in [2.75, 3.05) is 0 Å². The molecule has 0 saturated heterocycles. The van der Waals surface area contributed by atoms with Crippen molar-refractivity contribution in [3.8, 4) is 0 Å². The molecule has 3 rings (SSSR count). The number of aromatic nitrogens is 1. The lowest BCUT2D eigenvalue weighted by Crippen LogP contribution is -2.49. The largest absolute Gasteiger partial charge is 0.389 e. The molecule has 1 N–H and O–H groups in total. The lowest BCUT2D eigenvalue weighted by molar-refractivity contribution is -0.128. The molecule has 0 bridgehead atoms. The topological polar surface area (TPSA) is 50.2 Å². The Bertz CT molecular complexity index is 475. The second kappa shape index (κ2) is 4.41. The number of fused-ring (bicyclic) bond motifs is 1. The van der Waals surface area contributed by atoms with Gasteiger partial charge in [-0.3, -0.25) is 4.98 Å². The van der Waals surface area contributed by atoms with E-state index in [2.05, 4.69) is 11.9 Å². The molecule has 1 aromatic heterocycles. The third-order valence-electron chi connectivity index (χ3n) is 5.69. The Morgan fingerprint density at radius 2 is 2.05 bits per heavy atom. The van der Waals surface area contributed by atoms with Crippen LogP contribution in [0.5, 0.6) is 0 Å². The summed E-state index contributed by atoms with van der Waals surface area (Å²) in [6.45, 7) is 2.10. The van der Waals surface area contributed by atoms with E-state index in [1.807, 2.05) is 24.5 Å². The minimum Gasteiger partial charge on any atom is -0.389 e. The fourth-order valence-electron chi connectivity index (χ4n) is 4.22. The molecule has 0 amide bonds. The number of nitrogens with zero attached hydrogens (tertiary/aromatic N) is 1. The van der Waals surface area contributed by atoms with Gasteiger partial charge in [0.05, 0.1) is 5.60 Å². The number of carbonyl (C=O) groups excluding carboxylic acids is 1. The first-order valence-electron chi connectivity index (χ1n) is 7.17. The minimum atomic E-state index is -0.676. The summed E-state index contributed by atoms with van der Waals surface area (Å²) in [5.41, 5.74) is 0.364. The van der Waals surface area contributed by atoms with Gasteiger partial charge >= 0.3 is 0 Å². The molecular formula is C16H21NO2. The fourth-order valence-corrected chi connectivity index (χ4v) is 4.22. The Kier molecular flexibility index (Phi) is 2.97. The SMILES string of the molecule is C[C@]12CC[C@H](c3ccncc3)C[C@@]1(O)CC[C@@H]2C=O. The molecule has 2 aliphatic rings. The molecule has 3 heteroatoms. The number of pyridine rings is 1. The first-order valence-corrected chi connectivity index (χ1v) is 7.17. The van der Waals surface area contributed by atoms with Crippen LogP contribution in [0.15, 0.2) is 24.5 Å². The zero-order chi connectivity index (χ0) is 13.5. The summed E-state index contributed by atoms with van der Waals surface area (Å²) in [5.74, 6) is 0.419. The van der Waals surface area contributed by atoms with Crippen LogP contribution < -0.4 is 0 Å². The van der Waals surface area contributed by atoms with Gasteiger partial charge in [0.15, 0.2) is 0 Å². The van der Waals surface area contributed by atoms with E-state index in [9.17, 15) is 9.90 Å². The van der Waals surface area contributed by atoms with Crippen LogP contribution >= 0.6 is 0 Å². The molecule has 0 radical (unpaired) electrons. The molecule has 1 aromatic rings. The normalized spacial score (nSPS) is 41.8. The predicted molar refractivity (Wildman–Crippen MR) is 72.7 cm³/mol. The first-order chi connectivity index (χ1) is 9.09. The summed E-state index contributed by atoms with van der Waals surface area (Å²) in [4.78, 5) is 15.3. The second-order valence-corrected chi connectivity index (χ2v) is 6.45. The molecule has 0 aromatic carbocycles. The smallest absolute Gasteiger partial charge is 0.123 e. The van der Waals surface area contributed by atoms with Gasteiger partial charge in [-0.15, -0.1) is 0 Å². The van der Waals surface area contributed by atoms with Crippen molar-refractivity contribution in [2.24, 2.45) is 11.3 Å². The van der Waals surface area contributed by atoms with Crippen LogP contribution in [-0.2, 0) is 4.79 Å². The monoisotopic (exact) mass is 259 g/mol. The van der Waals surface area contributed by atoms with Gasteiger partial charge in [0.1, 0.15) is 6.29 Å². The molecule has 0 unspecified atom stereocenters. The zero-order valence-electron chi connectivity index (χ0n) is 11.4. The molecule has 0 aliphatic heterocycles. The van der Waals surface area contributed by atoms with Gasteiger partial charge in [-0.25, -0.2) is 0 Å². The summed E-state index contributed by atoms with van der Waals surface area (Å²) in [6, 6.07) is 4.09. The van der Waals surface area contributed by atoms with Crippen molar-refractivity contribution < 1.29 is 9.90 Å². The molecule has 19 heavy (non-hydrogen) atoms. The Balaban J connectivity index is 1.87. The summed E-state index contributed by atoms with van der Waals surface area (Å²) in [5, 5.41) is 11.0. The van der Waals surface area contributed by atoms with Gasteiger partial charge < -0.3 is 9.90 Å². The number of carbonyl (C=O) groups is 1. The van der Waals surface area contributed by atoms with Crippen molar-refractivity contribution >= 4 is 6.29 Å². The van der Waals surface area contributed by atoms with Crippen molar-refractivity contribution in [3.05, 3.63) is 30.1 Å². The fraction of sp³-hybridized carbons (Fsp3) is 0.625. The Labute approximate surface area is 114 Å². The average Bonchev–Trinajstić information content (AvgIpc) is 2.70. The highest BCUT2D eigenvalue weighted by Crippen LogP contribution is 2.59. The molecule has 3 nitrogen and oxygen atoms in total. The van der Waals surface area contributed by atoms with Crippen LogP contribution in [0.3, 0.4) is 0 Å². The number of hydrogen-bond donors (Lipinski definition) is 1. The average molecular weight is 259 g/mol. The molecule has 2 saturated carbocycles. The highest BCUT2D eigenvalue weighted by atomic mass is 16.3. The van der Waals surface area contributed by atoms with Gasteiger partial charge in [-0.05, 0) is 55.7 Å². The molecule has 1 heterocycles. The van der Waals surface area contributed by atoms with E-state index in [0.717, 1.165) is 38.4 Å². The number of aldehydes is 1. The molecule has 0 spiro atoms. The summed E-state index contributed by atoms with van der Waals surface area (Å²) in [6.07, 6.45) is 9.04. The molecule has 4 atom stereocenters. The highest BCUT2D eigenvalue weighted by Gasteiger charge is 2.58. The van der Waals surface area contributed by atoms with Crippen molar-refractivity contribution in [1.82, 2.24) is 4.98 Å². The van der Waals surface area contributed by atoms with Crippen LogP contribution in [0.25, 0.3) is 0 Å². The van der Waals surface area contributed by atoms with E-state index in [1.165, 1.54) is 5.56 Å². The summed E-state index contributed by atoms with van der Waals surface area (Å²) < 4.78 is 0. The highest BCUT2D eigenvalue weighted by molar-refractivity contribution is 5.57. The van der Waals surface area contributed by atoms with Crippen molar-refractivity contribution in [3.63, 3.8) is 0 Å². The van der Waals surface area contributed by atoms with Gasteiger partial charge in [0.25, 0.3) is 0 Å². The van der Waals surface area contributed by atoms with Crippen molar-refractivity contribution in [1.29, 1.82) is 0 Å². The maximum absolute atomic E-state index is 11.2. The van der Waals surface area contributed by atoms with Gasteiger partial charge in [-0.1, -0.05) is 6.92 Å². The Morgan fingerprint density at radius 3 is 2.74 bits per heavy atom. The van der Waals surface area contributed by atoms with E-state index < -0.39 is 5.60 Å². The van der Waals surface area contributed by atoms with E-state index in [1.54, 1.807) is 0 Å². The van der Waals surface area contributed by atoms with Gasteiger partial charge in [0, 0.05) is 23.7 Å². The first kappa shape index (κ1) is 12.8. The Morgan fingerprint density at radius 1 is 1.32 bits per heavy atom. The molecule has 102 valence electrons. The number of aliphatic hydroxyl groups is 1. The molecular weight excluding hydrogens is 238 g/mol. The van der Waals surface area contributed by atoms with Crippen LogP contribution in [0.4, 0.5) is 0 Å². The van der Waals surface area contributed by atoms with E-state index in [0.29, 0.717) is 5.92 Å². The summed E-state index contributed by atoms with van der Waals surface area (Å²) >= 11 is 0. The van der Waals surface area contributed by atoms with Crippen LogP contribution in [0, 0.1) is 11.3 Å². The quantitative estimate of drug-likeness (QED) is 0.831. The summed E-state index contributed by atoms with van der Waals surface area (Å²) in [7, 11) is 0. The van der Waals surface area contributed by atoms with Gasteiger partial charge in [-0.2, -0.15) is 0 Å². The van der Waals surface area contributed by atoms with E-state index in [4.69, 9.17) is 0 Å². The molecule has 2 fully saturated rings. The number of hydrogen-bond acceptors (Lipinski definition) is 3. The second-order valence-electron chi connectivity index (χ2n) is 6.45. The minimum absolute atomic E-state index is 0.0240. The van der Waals surface area contributed by atoms with Crippen LogP contribution in [0.2, 0.25) is 0 Å². The maximum Gasteiger partial charge on any atom is 0.123 e. The lowest BCUT2D eigenvalue weighted by Gasteiger charge is -2.48. The van der Waals surface area contributed by atoms with Gasteiger partial charge in [0.2, 0.25) is 0 Å². The Hall–Kier alpha value is -1.22. The van der Waals surface area contributed by atoms with Crippen LogP contribution in [-0.4, -0.2) is 22.0 Å². The third-order valence-corrected chi connectivity index (χ3v) is 5.69. The van der Waals surface area contributed by atoms with E-state index in [-0.39, 0.29) is 11.3 Å². The molecule has 2 aliphatic carbocycles. The van der Waals surface area contributed by atoms with Crippen molar-refractivity contribution in [2.45, 2.75) is 50.5 Å². The van der Waals surface area contributed by atoms with E-state index >= 15 is 0 Å². The third kappa shape index (κ3) is 1.83. The standard InChI is InChI=1S/C16H21NO2/c1-15-6-2-13(12-4-8-17-9-5-12)10-16(15,19)7-3-14(15)11-18/h4-5,8-9,11,13-14,19H,2-3,6-7,10H2,1H3/t13-,14+,15+,16-/m0/s1. The lowest BCUT2D eigenvalue weighted by atomic mass is 9.59. The van der Waals surface area contributed by atoms with Crippen LogP contribution in [0.1, 0.15) is 50.5 Å².